The Morgan fingerprint density at radius 1 is 1.11 bits per heavy atom. The smallest absolute Gasteiger partial charge is 0.485 e. The first-order valence-corrected chi connectivity index (χ1v) is 17.5. The number of carboxylic acids is 1. The summed E-state index contributed by atoms with van der Waals surface area (Å²) in [5, 5.41) is 9.99. The fraction of sp³-hybridized carbons (Fsp3) is 0.448. The van der Waals surface area contributed by atoms with E-state index in [-0.39, 0.29) is 30.2 Å². The molecule has 0 fully saturated rings. The summed E-state index contributed by atoms with van der Waals surface area (Å²) in [7, 11) is -1.29. The van der Waals surface area contributed by atoms with E-state index in [1.54, 1.807) is 30.5 Å². The Kier molecular flexibility index (Phi) is 12.1. The van der Waals surface area contributed by atoms with Crippen molar-refractivity contribution in [3.05, 3.63) is 64.6 Å². The van der Waals surface area contributed by atoms with Gasteiger partial charge in [0.2, 0.25) is 0 Å². The lowest BCUT2D eigenvalue weighted by Crippen LogP contribution is -2.45. The van der Waals surface area contributed by atoms with E-state index in [0.29, 0.717) is 17.8 Å². The first kappa shape index (κ1) is 37.0. The van der Waals surface area contributed by atoms with Crippen LogP contribution in [-0.4, -0.2) is 58.9 Å². The van der Waals surface area contributed by atoms with Crippen LogP contribution in [0.3, 0.4) is 0 Å². The van der Waals surface area contributed by atoms with Crippen LogP contribution in [0.5, 0.6) is 5.75 Å². The van der Waals surface area contributed by atoms with Crippen molar-refractivity contribution in [2.75, 3.05) is 6.54 Å². The van der Waals surface area contributed by atoms with Gasteiger partial charge in [-0.15, -0.1) is 0 Å². The van der Waals surface area contributed by atoms with Crippen molar-refractivity contribution in [3.8, 4) is 5.75 Å². The van der Waals surface area contributed by atoms with Crippen LogP contribution < -0.4 is 15.8 Å². The zero-order valence-corrected chi connectivity index (χ0v) is 26.8. The number of amides is 2. The van der Waals surface area contributed by atoms with Crippen molar-refractivity contribution in [3.63, 3.8) is 0 Å². The summed E-state index contributed by atoms with van der Waals surface area (Å²) in [6.45, 7) is 11.8. The van der Waals surface area contributed by atoms with Gasteiger partial charge in [0, 0.05) is 14.3 Å². The number of primary amides is 1. The molecule has 0 saturated heterocycles. The minimum Gasteiger partial charge on any atom is -0.485 e. The van der Waals surface area contributed by atoms with E-state index in [0.717, 1.165) is 30.2 Å². The number of pyridine rings is 1. The topological polar surface area (TPSA) is 145 Å². The second-order valence-corrected chi connectivity index (χ2v) is 17.5. The molecule has 0 radical (unpaired) electrons. The van der Waals surface area contributed by atoms with Crippen molar-refractivity contribution >= 4 is 31.7 Å². The molecule has 2 aromatic heterocycles. The largest absolute Gasteiger partial charge is 0.490 e. The number of nitrogens with zero attached hydrogens (tertiary/aromatic N) is 2. The molecule has 3 rings (SSSR count). The molecule has 1 unspecified atom stereocenters. The van der Waals surface area contributed by atoms with Crippen LogP contribution in [0.1, 0.15) is 47.1 Å². The standard InChI is InChI=1S/C27H36F2N4O4Si.C2HF3O2/c1-17-13-22(36-15-19-20(28)9-7-10-21(19)29)24-32-18(2)23(33(24)14-17)25(34)31-16-27(3,37-26(30)35)11-8-12-38(4,5)6;3-2(4,5)1(6)7/h7,9-10,13-14H,8,11-12,15-16H2,1-6H3,(H2,30,35)(H,31,34);(H,6,7). The monoisotopic (exact) mass is 660 g/mol. The van der Waals surface area contributed by atoms with Gasteiger partial charge < -0.3 is 25.6 Å². The van der Waals surface area contributed by atoms with Crippen LogP contribution in [-0.2, 0) is 16.1 Å². The molecule has 0 aliphatic heterocycles. The molecular weight excluding hydrogens is 623 g/mol. The molecule has 3 aromatic rings. The van der Waals surface area contributed by atoms with Crippen LogP contribution in [0.4, 0.5) is 26.7 Å². The Balaban J connectivity index is 0.000000900. The highest BCUT2D eigenvalue weighted by Gasteiger charge is 2.38. The summed E-state index contributed by atoms with van der Waals surface area (Å²) in [6.07, 6.45) is -2.86. The number of aromatic nitrogens is 2. The number of hydrogen-bond acceptors (Lipinski definition) is 6. The number of nitrogens with one attached hydrogen (secondary N) is 1. The van der Waals surface area contributed by atoms with Crippen LogP contribution in [0.25, 0.3) is 5.65 Å². The van der Waals surface area contributed by atoms with Gasteiger partial charge in [-0.3, -0.25) is 9.20 Å². The first-order valence-electron chi connectivity index (χ1n) is 13.8. The quantitative estimate of drug-likeness (QED) is 0.165. The predicted molar refractivity (Wildman–Crippen MR) is 158 cm³/mol. The number of carboxylic acid groups (broad SMARTS) is 1. The maximum atomic E-state index is 14.1. The maximum Gasteiger partial charge on any atom is 0.490 e. The Bertz CT molecular complexity index is 1520. The third-order valence-electron chi connectivity index (χ3n) is 6.49. The molecule has 0 bridgehead atoms. The Morgan fingerprint density at radius 2 is 1.69 bits per heavy atom. The van der Waals surface area contributed by atoms with E-state index in [4.69, 9.17) is 25.1 Å². The minimum atomic E-state index is -5.08. The van der Waals surface area contributed by atoms with Gasteiger partial charge in [0.15, 0.2) is 11.4 Å². The average Bonchev–Trinajstić information content (AvgIpc) is 3.21. The molecule has 45 heavy (non-hydrogen) atoms. The summed E-state index contributed by atoms with van der Waals surface area (Å²) < 4.78 is 72.7. The molecule has 2 amide bonds. The number of rotatable bonds is 11. The van der Waals surface area contributed by atoms with E-state index in [2.05, 4.69) is 29.9 Å². The summed E-state index contributed by atoms with van der Waals surface area (Å²) in [5.41, 5.74) is 5.95. The van der Waals surface area contributed by atoms with E-state index in [1.165, 1.54) is 6.07 Å². The van der Waals surface area contributed by atoms with Crippen LogP contribution in [0, 0.1) is 25.5 Å². The number of halogens is 5. The molecule has 1 aromatic carbocycles. The van der Waals surface area contributed by atoms with Crippen LogP contribution >= 0.6 is 0 Å². The number of hydrogen-bond donors (Lipinski definition) is 3. The average molecular weight is 661 g/mol. The summed E-state index contributed by atoms with van der Waals surface area (Å²) in [4.78, 5) is 38.3. The highest BCUT2D eigenvalue weighted by Crippen LogP contribution is 2.27. The van der Waals surface area contributed by atoms with E-state index in [1.807, 2.05) is 6.92 Å². The lowest BCUT2D eigenvalue weighted by molar-refractivity contribution is -0.192. The van der Waals surface area contributed by atoms with Gasteiger partial charge in [-0.2, -0.15) is 13.2 Å². The van der Waals surface area contributed by atoms with Crippen molar-refractivity contribution in [1.82, 2.24) is 14.7 Å². The molecule has 1 atom stereocenters. The van der Waals surface area contributed by atoms with Crippen molar-refractivity contribution in [1.29, 1.82) is 0 Å². The van der Waals surface area contributed by atoms with Gasteiger partial charge in [0.1, 0.15) is 29.5 Å². The fourth-order valence-corrected chi connectivity index (χ4v) is 5.56. The number of benzene rings is 1. The lowest BCUT2D eigenvalue weighted by Gasteiger charge is -2.30. The minimum absolute atomic E-state index is 0.0644. The Labute approximate surface area is 257 Å². The molecular formula is C29H37F5N4O6Si. The van der Waals surface area contributed by atoms with E-state index >= 15 is 0 Å². The second-order valence-electron chi connectivity index (χ2n) is 11.9. The first-order chi connectivity index (χ1) is 20.6. The fourth-order valence-electron chi connectivity index (χ4n) is 4.32. The normalized spacial score (nSPS) is 13.0. The highest BCUT2D eigenvalue weighted by atomic mass is 28.3. The number of alkyl halides is 3. The number of aliphatic carboxylic acids is 1. The summed E-state index contributed by atoms with van der Waals surface area (Å²) in [5.74, 6) is -4.31. The van der Waals surface area contributed by atoms with Gasteiger partial charge in [-0.25, -0.2) is 23.4 Å². The van der Waals surface area contributed by atoms with Crippen LogP contribution in [0.15, 0.2) is 30.5 Å². The Morgan fingerprint density at radius 3 is 2.20 bits per heavy atom. The maximum absolute atomic E-state index is 14.1. The van der Waals surface area contributed by atoms with Crippen molar-refractivity contribution < 1.29 is 50.9 Å². The molecule has 248 valence electrons. The zero-order valence-electron chi connectivity index (χ0n) is 25.8. The highest BCUT2D eigenvalue weighted by molar-refractivity contribution is 6.76. The number of ether oxygens (including phenoxy) is 2. The summed E-state index contributed by atoms with van der Waals surface area (Å²) >= 11 is 0. The third-order valence-corrected chi connectivity index (χ3v) is 8.34. The molecule has 0 spiro atoms. The van der Waals surface area contributed by atoms with Crippen molar-refractivity contribution in [2.45, 2.75) is 77.7 Å². The zero-order chi connectivity index (χ0) is 34.3. The molecule has 0 saturated carbocycles. The number of nitrogens with two attached hydrogens (primary N) is 1. The van der Waals surface area contributed by atoms with E-state index < -0.39 is 49.5 Å². The molecule has 10 nitrogen and oxygen atoms in total. The second kappa shape index (κ2) is 14.7. The van der Waals surface area contributed by atoms with Gasteiger partial charge in [-0.05, 0) is 51.0 Å². The lowest BCUT2D eigenvalue weighted by atomic mass is 10.00. The molecule has 4 N–H and O–H groups in total. The number of imidazole rings is 1. The number of carbonyl (C=O) groups is 3. The van der Waals surface area contributed by atoms with E-state index in [9.17, 15) is 31.5 Å². The SMILES string of the molecule is Cc1cc(OCc2c(F)cccc2F)c2nc(C)c(C(=O)NCC(C)(CCC[Si](C)(C)C)OC(N)=O)n2c1.O=C(O)C(F)(F)F. The number of aryl methyl sites for hydroxylation is 2. The number of fused-ring (bicyclic) bond motifs is 1. The van der Waals surface area contributed by atoms with Gasteiger partial charge >= 0.3 is 18.2 Å². The molecule has 2 heterocycles. The predicted octanol–water partition coefficient (Wildman–Crippen LogP) is 6.14. The molecule has 0 aliphatic rings. The number of carbonyl (C=O) groups excluding carboxylic acids is 2. The molecule has 0 aliphatic carbocycles. The van der Waals surface area contributed by atoms with Gasteiger partial charge in [0.05, 0.1) is 17.8 Å². The van der Waals surface area contributed by atoms with Gasteiger partial charge in [0.25, 0.3) is 5.91 Å². The van der Waals surface area contributed by atoms with Gasteiger partial charge in [-0.1, -0.05) is 38.2 Å². The third kappa shape index (κ3) is 11.0. The summed E-state index contributed by atoms with van der Waals surface area (Å²) in [6, 6.07) is 6.35. The van der Waals surface area contributed by atoms with Crippen molar-refractivity contribution in [2.24, 2.45) is 5.73 Å². The van der Waals surface area contributed by atoms with Crippen LogP contribution in [0.2, 0.25) is 25.7 Å². The Hall–Kier alpha value is -4.21. The molecule has 16 heteroatoms.